The van der Waals surface area contributed by atoms with Crippen LogP contribution in [0.4, 0.5) is 10.5 Å². The summed E-state index contributed by atoms with van der Waals surface area (Å²) < 4.78 is 4.72. The molecule has 0 saturated heterocycles. The fourth-order valence-electron chi connectivity index (χ4n) is 1.62. The van der Waals surface area contributed by atoms with Crippen LogP contribution in [-0.4, -0.2) is 50.1 Å². The molecule has 1 aromatic carbocycles. The Labute approximate surface area is 129 Å². The number of esters is 1. The predicted octanol–water partition coefficient (Wildman–Crippen LogP) is 1.00. The fraction of sp³-hybridized carbons (Fsp3) is 0.400. The number of nitrogens with one attached hydrogen (secondary N) is 2. The molecule has 0 heterocycles. The van der Waals surface area contributed by atoms with E-state index in [0.29, 0.717) is 5.69 Å². The van der Waals surface area contributed by atoms with Gasteiger partial charge >= 0.3 is 12.0 Å². The number of nitrogens with zero attached hydrogens (tertiary/aromatic N) is 1. The van der Waals surface area contributed by atoms with E-state index in [9.17, 15) is 14.4 Å². The van der Waals surface area contributed by atoms with Crippen molar-refractivity contribution in [3.63, 3.8) is 0 Å². The summed E-state index contributed by atoms with van der Waals surface area (Å²) in [5.41, 5.74) is 1.34. The monoisotopic (exact) mass is 307 g/mol. The van der Waals surface area contributed by atoms with Crippen molar-refractivity contribution >= 4 is 23.6 Å². The molecule has 0 unspecified atom stereocenters. The number of ether oxygens (including phenoxy) is 1. The second kappa shape index (κ2) is 8.66. The van der Waals surface area contributed by atoms with E-state index in [1.54, 1.807) is 45.3 Å². The van der Waals surface area contributed by atoms with E-state index in [-0.39, 0.29) is 31.5 Å². The molecule has 0 aliphatic heterocycles. The SMILES string of the molecule is CCOC(=O)CNC(=O)Cc1cccc(NC(=O)N(C)C)c1. The Kier molecular flexibility index (Phi) is 6.88. The molecule has 0 aliphatic carbocycles. The molecule has 0 radical (unpaired) electrons. The van der Waals surface area contributed by atoms with Gasteiger partial charge in [-0.3, -0.25) is 9.59 Å². The van der Waals surface area contributed by atoms with Crippen molar-refractivity contribution in [1.29, 1.82) is 0 Å². The number of anilines is 1. The van der Waals surface area contributed by atoms with Crippen LogP contribution in [0.5, 0.6) is 0 Å². The summed E-state index contributed by atoms with van der Waals surface area (Å²) in [6, 6.07) is 6.73. The van der Waals surface area contributed by atoms with Crippen molar-refractivity contribution in [3.8, 4) is 0 Å². The van der Waals surface area contributed by atoms with Crippen molar-refractivity contribution < 1.29 is 19.1 Å². The molecule has 2 N–H and O–H groups in total. The summed E-state index contributed by atoms with van der Waals surface area (Å²) >= 11 is 0. The van der Waals surface area contributed by atoms with E-state index in [1.807, 2.05) is 0 Å². The summed E-state index contributed by atoms with van der Waals surface area (Å²) in [5, 5.41) is 5.19. The Balaban J connectivity index is 2.53. The lowest BCUT2D eigenvalue weighted by Gasteiger charge is -2.12. The molecule has 0 fully saturated rings. The van der Waals surface area contributed by atoms with Gasteiger partial charge in [0.15, 0.2) is 0 Å². The summed E-state index contributed by atoms with van der Waals surface area (Å²) in [6.07, 6.45) is 0.116. The number of benzene rings is 1. The van der Waals surface area contributed by atoms with Gasteiger partial charge in [0.2, 0.25) is 5.91 Å². The Bertz CT molecular complexity index is 543. The van der Waals surface area contributed by atoms with E-state index in [1.165, 1.54) is 4.90 Å². The minimum Gasteiger partial charge on any atom is -0.465 e. The Hall–Kier alpha value is -2.57. The Morgan fingerprint density at radius 3 is 2.59 bits per heavy atom. The van der Waals surface area contributed by atoms with Gasteiger partial charge in [-0.15, -0.1) is 0 Å². The summed E-state index contributed by atoms with van der Waals surface area (Å²) in [5.74, 6) is -0.757. The minimum absolute atomic E-state index is 0.116. The van der Waals surface area contributed by atoms with Gasteiger partial charge < -0.3 is 20.3 Å². The van der Waals surface area contributed by atoms with Gasteiger partial charge in [-0.2, -0.15) is 0 Å². The number of amides is 3. The standard InChI is InChI=1S/C15H21N3O4/c1-4-22-14(20)10-16-13(19)9-11-6-5-7-12(8-11)17-15(21)18(2)3/h5-8H,4,9-10H2,1-3H3,(H,16,19)(H,17,21). The molecule has 0 atom stereocenters. The summed E-state index contributed by atoms with van der Waals surface area (Å²) in [7, 11) is 3.28. The molecule has 0 aromatic heterocycles. The zero-order valence-corrected chi connectivity index (χ0v) is 13.0. The zero-order chi connectivity index (χ0) is 16.5. The first kappa shape index (κ1) is 17.5. The molecule has 22 heavy (non-hydrogen) atoms. The molecular weight excluding hydrogens is 286 g/mol. The maximum absolute atomic E-state index is 11.7. The molecule has 120 valence electrons. The summed E-state index contributed by atoms with van der Waals surface area (Å²) in [6.45, 7) is 1.83. The fourth-order valence-corrected chi connectivity index (χ4v) is 1.62. The largest absolute Gasteiger partial charge is 0.465 e. The molecule has 0 saturated carbocycles. The van der Waals surface area contributed by atoms with Crippen LogP contribution >= 0.6 is 0 Å². The van der Waals surface area contributed by atoms with Crippen molar-refractivity contribution in [2.45, 2.75) is 13.3 Å². The number of urea groups is 1. The van der Waals surface area contributed by atoms with E-state index in [0.717, 1.165) is 5.56 Å². The number of carbonyl (C=O) groups is 3. The van der Waals surface area contributed by atoms with E-state index in [4.69, 9.17) is 4.74 Å². The van der Waals surface area contributed by atoms with Crippen molar-refractivity contribution in [2.24, 2.45) is 0 Å². The third kappa shape index (κ3) is 6.25. The summed E-state index contributed by atoms with van der Waals surface area (Å²) in [4.78, 5) is 35.9. The predicted molar refractivity (Wildman–Crippen MR) is 82.5 cm³/mol. The van der Waals surface area contributed by atoms with Gasteiger partial charge in [0, 0.05) is 19.8 Å². The van der Waals surface area contributed by atoms with Gasteiger partial charge in [0.1, 0.15) is 6.54 Å². The average molecular weight is 307 g/mol. The number of rotatable bonds is 6. The molecule has 7 nitrogen and oxygen atoms in total. The molecular formula is C15H21N3O4. The highest BCUT2D eigenvalue weighted by atomic mass is 16.5. The van der Waals surface area contributed by atoms with Crippen LogP contribution in [0.25, 0.3) is 0 Å². The van der Waals surface area contributed by atoms with Gasteiger partial charge in [0.25, 0.3) is 0 Å². The first-order chi connectivity index (χ1) is 10.4. The highest BCUT2D eigenvalue weighted by molar-refractivity contribution is 5.89. The maximum atomic E-state index is 11.7. The molecule has 3 amide bonds. The van der Waals surface area contributed by atoms with Crippen LogP contribution in [0.1, 0.15) is 12.5 Å². The van der Waals surface area contributed by atoms with Gasteiger partial charge in [-0.05, 0) is 24.6 Å². The second-order valence-corrected chi connectivity index (χ2v) is 4.78. The average Bonchev–Trinajstić information content (AvgIpc) is 2.45. The van der Waals surface area contributed by atoms with E-state index < -0.39 is 5.97 Å². The zero-order valence-electron chi connectivity index (χ0n) is 13.0. The quantitative estimate of drug-likeness (QED) is 0.768. The number of hydrogen-bond acceptors (Lipinski definition) is 4. The second-order valence-electron chi connectivity index (χ2n) is 4.78. The minimum atomic E-state index is -0.470. The van der Waals surface area contributed by atoms with Crippen LogP contribution in [-0.2, 0) is 20.7 Å². The Morgan fingerprint density at radius 2 is 1.95 bits per heavy atom. The normalized spacial score (nSPS) is 9.77. The molecule has 1 aromatic rings. The molecule has 0 spiro atoms. The van der Waals surface area contributed by atoms with Gasteiger partial charge in [-0.1, -0.05) is 12.1 Å². The van der Waals surface area contributed by atoms with Crippen molar-refractivity contribution in [1.82, 2.24) is 10.2 Å². The van der Waals surface area contributed by atoms with E-state index >= 15 is 0 Å². The number of hydrogen-bond donors (Lipinski definition) is 2. The first-order valence-electron chi connectivity index (χ1n) is 6.92. The molecule has 1 rings (SSSR count). The van der Waals surface area contributed by atoms with Crippen LogP contribution in [0.2, 0.25) is 0 Å². The lowest BCUT2D eigenvalue weighted by Crippen LogP contribution is -2.31. The third-order valence-electron chi connectivity index (χ3n) is 2.68. The Morgan fingerprint density at radius 1 is 1.23 bits per heavy atom. The lowest BCUT2D eigenvalue weighted by molar-refractivity contribution is -0.143. The smallest absolute Gasteiger partial charge is 0.325 e. The van der Waals surface area contributed by atoms with Crippen molar-refractivity contribution in [3.05, 3.63) is 29.8 Å². The molecule has 0 aliphatic rings. The first-order valence-corrected chi connectivity index (χ1v) is 6.92. The topological polar surface area (TPSA) is 87.7 Å². The van der Waals surface area contributed by atoms with Gasteiger partial charge in [0.05, 0.1) is 13.0 Å². The number of carbonyl (C=O) groups excluding carboxylic acids is 3. The van der Waals surface area contributed by atoms with Gasteiger partial charge in [-0.25, -0.2) is 4.79 Å². The van der Waals surface area contributed by atoms with Crippen molar-refractivity contribution in [2.75, 3.05) is 32.6 Å². The van der Waals surface area contributed by atoms with Crippen LogP contribution in [0.3, 0.4) is 0 Å². The lowest BCUT2D eigenvalue weighted by atomic mass is 10.1. The van der Waals surface area contributed by atoms with E-state index in [2.05, 4.69) is 10.6 Å². The third-order valence-corrected chi connectivity index (χ3v) is 2.68. The maximum Gasteiger partial charge on any atom is 0.325 e. The highest BCUT2D eigenvalue weighted by Crippen LogP contribution is 2.11. The van der Waals surface area contributed by atoms with Crippen LogP contribution < -0.4 is 10.6 Å². The molecule has 0 bridgehead atoms. The van der Waals surface area contributed by atoms with Crippen LogP contribution in [0, 0.1) is 0 Å². The van der Waals surface area contributed by atoms with Crippen LogP contribution in [0.15, 0.2) is 24.3 Å². The highest BCUT2D eigenvalue weighted by Gasteiger charge is 2.08. The molecule has 7 heteroatoms.